The number of nitrogens with zero attached hydrogens (tertiary/aromatic N) is 1. The highest BCUT2D eigenvalue weighted by atomic mass is 32.2. The topological polar surface area (TPSA) is 59.1 Å². The third-order valence-corrected chi connectivity index (χ3v) is 7.69. The molecule has 3 rings (SSSR count). The summed E-state index contributed by atoms with van der Waals surface area (Å²) in [7, 11) is -3.59. The van der Waals surface area contributed by atoms with Gasteiger partial charge < -0.3 is 0 Å². The molecule has 2 aromatic heterocycles. The van der Waals surface area contributed by atoms with Gasteiger partial charge in [0.2, 0.25) is 0 Å². The number of hydrogen-bond donors (Lipinski definition) is 1. The molecule has 0 bridgehead atoms. The molecule has 0 saturated carbocycles. The third kappa shape index (κ3) is 3.94. The molecule has 132 valence electrons. The average molecular weight is 393 g/mol. The summed E-state index contributed by atoms with van der Waals surface area (Å²) in [6.45, 7) is 8.15. The van der Waals surface area contributed by atoms with Crippen molar-refractivity contribution in [3.05, 3.63) is 51.8 Å². The maximum absolute atomic E-state index is 12.6. The lowest BCUT2D eigenvalue weighted by Gasteiger charge is -2.08. The van der Waals surface area contributed by atoms with Crippen molar-refractivity contribution in [2.45, 2.75) is 37.8 Å². The summed E-state index contributed by atoms with van der Waals surface area (Å²) in [5, 5.41) is 4.73. The van der Waals surface area contributed by atoms with E-state index in [9.17, 15) is 8.42 Å². The van der Waals surface area contributed by atoms with Gasteiger partial charge in [-0.2, -0.15) is 0 Å². The van der Waals surface area contributed by atoms with Crippen LogP contribution in [0.2, 0.25) is 0 Å². The van der Waals surface area contributed by atoms with Crippen molar-refractivity contribution in [1.82, 2.24) is 4.98 Å². The molecular weight excluding hydrogens is 372 g/mol. The number of aromatic nitrogens is 1. The molecule has 0 aliphatic rings. The molecule has 7 heteroatoms. The Bertz CT molecular complexity index is 1000. The van der Waals surface area contributed by atoms with E-state index >= 15 is 0 Å². The zero-order valence-electron chi connectivity index (χ0n) is 14.5. The SMILES string of the molecule is Cc1ccc(NS(=O)(=O)c2cc(-c3nc(C(C)C)cs3)cs2)cc1C. The van der Waals surface area contributed by atoms with Crippen LogP contribution in [0.15, 0.2) is 39.2 Å². The Hall–Kier alpha value is -1.70. The van der Waals surface area contributed by atoms with Gasteiger partial charge in [0.15, 0.2) is 0 Å². The second-order valence-electron chi connectivity index (χ2n) is 6.29. The Kier molecular flexibility index (Phi) is 4.99. The number of hydrogen-bond acceptors (Lipinski definition) is 5. The summed E-state index contributed by atoms with van der Waals surface area (Å²) in [5.74, 6) is 0.360. The first kappa shape index (κ1) is 18.1. The first-order valence-corrected chi connectivity index (χ1v) is 11.1. The van der Waals surface area contributed by atoms with Crippen LogP contribution in [0.1, 0.15) is 36.6 Å². The quantitative estimate of drug-likeness (QED) is 0.631. The number of rotatable bonds is 5. The minimum Gasteiger partial charge on any atom is -0.279 e. The van der Waals surface area contributed by atoms with Gasteiger partial charge in [-0.25, -0.2) is 13.4 Å². The van der Waals surface area contributed by atoms with Gasteiger partial charge in [0.05, 0.1) is 5.69 Å². The van der Waals surface area contributed by atoms with Crippen LogP contribution < -0.4 is 4.72 Å². The van der Waals surface area contributed by atoms with Crippen LogP contribution in [0.25, 0.3) is 10.6 Å². The van der Waals surface area contributed by atoms with E-state index in [1.54, 1.807) is 23.5 Å². The molecule has 1 N–H and O–H groups in total. The van der Waals surface area contributed by atoms with Crippen LogP contribution in [0.5, 0.6) is 0 Å². The molecule has 25 heavy (non-hydrogen) atoms. The van der Waals surface area contributed by atoms with Gasteiger partial charge in [-0.3, -0.25) is 4.72 Å². The number of sulfonamides is 1. The highest BCUT2D eigenvalue weighted by Crippen LogP contribution is 2.33. The first-order chi connectivity index (χ1) is 11.8. The smallest absolute Gasteiger partial charge is 0.271 e. The highest BCUT2D eigenvalue weighted by molar-refractivity contribution is 7.94. The zero-order valence-corrected chi connectivity index (χ0v) is 17.0. The van der Waals surface area contributed by atoms with Crippen molar-refractivity contribution in [3.63, 3.8) is 0 Å². The van der Waals surface area contributed by atoms with Crippen LogP contribution in [0, 0.1) is 13.8 Å². The van der Waals surface area contributed by atoms with Crippen molar-refractivity contribution in [1.29, 1.82) is 0 Å². The normalized spacial score (nSPS) is 11.9. The molecule has 1 aromatic carbocycles. The first-order valence-electron chi connectivity index (χ1n) is 7.90. The average Bonchev–Trinajstić information content (AvgIpc) is 3.19. The molecule has 4 nitrogen and oxygen atoms in total. The van der Waals surface area contributed by atoms with Crippen molar-refractivity contribution in [3.8, 4) is 10.6 Å². The number of thiophene rings is 1. The Morgan fingerprint density at radius 3 is 2.44 bits per heavy atom. The number of thiazole rings is 1. The molecule has 0 radical (unpaired) electrons. The van der Waals surface area contributed by atoms with E-state index in [0.717, 1.165) is 27.4 Å². The molecule has 0 amide bonds. The lowest BCUT2D eigenvalue weighted by Crippen LogP contribution is -2.11. The van der Waals surface area contributed by atoms with E-state index in [2.05, 4.69) is 23.6 Å². The van der Waals surface area contributed by atoms with E-state index in [-0.39, 0.29) is 0 Å². The van der Waals surface area contributed by atoms with Crippen LogP contribution >= 0.6 is 22.7 Å². The van der Waals surface area contributed by atoms with Crippen LogP contribution in [0.4, 0.5) is 5.69 Å². The van der Waals surface area contributed by atoms with Gasteiger partial charge in [0.1, 0.15) is 9.22 Å². The van der Waals surface area contributed by atoms with E-state index in [1.165, 1.54) is 11.3 Å². The van der Waals surface area contributed by atoms with Gasteiger partial charge in [-0.05, 0) is 49.1 Å². The fraction of sp³-hybridized carbons (Fsp3) is 0.278. The van der Waals surface area contributed by atoms with Crippen molar-refractivity contribution >= 4 is 38.4 Å². The maximum Gasteiger partial charge on any atom is 0.271 e. The third-order valence-electron chi connectivity index (χ3n) is 3.96. The largest absolute Gasteiger partial charge is 0.279 e. The van der Waals surface area contributed by atoms with Gasteiger partial charge in [-0.15, -0.1) is 22.7 Å². The molecule has 0 aliphatic carbocycles. The summed E-state index contributed by atoms with van der Waals surface area (Å²) in [6, 6.07) is 7.23. The van der Waals surface area contributed by atoms with Gasteiger partial charge in [0, 0.05) is 22.0 Å². The molecule has 0 unspecified atom stereocenters. The summed E-state index contributed by atoms with van der Waals surface area (Å²) in [5.41, 5.74) is 4.64. The second kappa shape index (κ2) is 6.90. The van der Waals surface area contributed by atoms with Crippen molar-refractivity contribution in [2.75, 3.05) is 4.72 Å². The van der Waals surface area contributed by atoms with E-state index in [4.69, 9.17) is 0 Å². The molecular formula is C18H20N2O2S3. The lowest BCUT2D eigenvalue weighted by molar-refractivity contribution is 0.603. The van der Waals surface area contributed by atoms with Crippen LogP contribution in [-0.4, -0.2) is 13.4 Å². The van der Waals surface area contributed by atoms with E-state index in [1.807, 2.05) is 36.7 Å². The minimum absolute atomic E-state index is 0.294. The van der Waals surface area contributed by atoms with Crippen LogP contribution in [0.3, 0.4) is 0 Å². The standard InChI is InChI=1S/C18H20N2O2S3/c1-11(2)16-10-24-18(19-16)14-8-17(23-9-14)25(21,22)20-15-6-5-12(3)13(4)7-15/h5-11,20H,1-4H3. The molecule has 2 heterocycles. The maximum atomic E-state index is 12.6. The Morgan fingerprint density at radius 1 is 1.04 bits per heavy atom. The summed E-state index contributed by atoms with van der Waals surface area (Å²) in [4.78, 5) is 4.59. The Morgan fingerprint density at radius 2 is 1.80 bits per heavy atom. The highest BCUT2D eigenvalue weighted by Gasteiger charge is 2.19. The van der Waals surface area contributed by atoms with E-state index in [0.29, 0.717) is 15.8 Å². The van der Waals surface area contributed by atoms with Gasteiger partial charge in [-0.1, -0.05) is 19.9 Å². The second-order valence-corrected chi connectivity index (χ2v) is 9.97. The number of nitrogens with one attached hydrogen (secondary N) is 1. The molecule has 0 atom stereocenters. The predicted molar refractivity (Wildman–Crippen MR) is 106 cm³/mol. The van der Waals surface area contributed by atoms with Crippen LogP contribution in [-0.2, 0) is 10.0 Å². The Balaban J connectivity index is 1.85. The Labute approximate surface area is 156 Å². The number of benzene rings is 1. The van der Waals surface area contributed by atoms with Gasteiger partial charge >= 0.3 is 0 Å². The van der Waals surface area contributed by atoms with Crippen molar-refractivity contribution in [2.24, 2.45) is 0 Å². The molecule has 0 fully saturated rings. The lowest BCUT2D eigenvalue weighted by atomic mass is 10.1. The van der Waals surface area contributed by atoms with Crippen molar-refractivity contribution < 1.29 is 8.42 Å². The molecule has 0 aliphatic heterocycles. The summed E-state index contributed by atoms with van der Waals surface area (Å²) in [6.07, 6.45) is 0. The minimum atomic E-state index is -3.59. The predicted octanol–water partition coefficient (Wildman–Crippen LogP) is 5.41. The fourth-order valence-electron chi connectivity index (χ4n) is 2.26. The molecule has 0 saturated heterocycles. The summed E-state index contributed by atoms with van der Waals surface area (Å²) < 4.78 is 28.2. The monoisotopic (exact) mass is 392 g/mol. The number of anilines is 1. The summed E-state index contributed by atoms with van der Waals surface area (Å²) >= 11 is 2.75. The van der Waals surface area contributed by atoms with Gasteiger partial charge in [0.25, 0.3) is 10.0 Å². The molecule has 0 spiro atoms. The fourth-order valence-corrected chi connectivity index (χ4v) is 5.52. The number of aryl methyl sites for hydroxylation is 2. The molecule has 3 aromatic rings. The zero-order chi connectivity index (χ0) is 18.2. The van der Waals surface area contributed by atoms with E-state index < -0.39 is 10.0 Å².